The monoisotopic (exact) mass is 263 g/mol. The van der Waals surface area contributed by atoms with E-state index in [1.165, 1.54) is 26.4 Å². The fourth-order valence-corrected chi connectivity index (χ4v) is 2.60. The van der Waals surface area contributed by atoms with Gasteiger partial charge in [-0.25, -0.2) is 14.8 Å². The van der Waals surface area contributed by atoms with Crippen LogP contribution in [0.3, 0.4) is 0 Å². The second-order valence-corrected chi connectivity index (χ2v) is 5.37. The third-order valence-electron chi connectivity index (χ3n) is 3.60. The molecule has 1 aliphatic carbocycles. The summed E-state index contributed by atoms with van der Waals surface area (Å²) in [6.07, 6.45) is 3.84. The highest BCUT2D eigenvalue weighted by Gasteiger charge is 2.21. The molecule has 0 spiro atoms. The molecule has 104 valence electrons. The maximum Gasteiger partial charge on any atom is 0.376 e. The first-order valence-corrected chi connectivity index (χ1v) is 6.76. The zero-order valence-electron chi connectivity index (χ0n) is 11.8. The van der Waals surface area contributed by atoms with Crippen molar-refractivity contribution in [2.24, 2.45) is 11.8 Å². The van der Waals surface area contributed by atoms with Gasteiger partial charge < -0.3 is 10.1 Å². The molecule has 1 fully saturated rings. The Morgan fingerprint density at radius 3 is 2.89 bits per heavy atom. The van der Waals surface area contributed by atoms with Crippen LogP contribution >= 0.6 is 0 Å². The summed E-state index contributed by atoms with van der Waals surface area (Å²) in [5, 5.41) is 3.31. The van der Waals surface area contributed by atoms with Crippen LogP contribution in [0.15, 0.2) is 6.07 Å². The van der Waals surface area contributed by atoms with Crippen LogP contribution in [-0.2, 0) is 4.74 Å². The molecular formula is C14H21N3O2. The molecule has 1 N–H and O–H groups in total. The standard InChI is InChI=1S/C14H21N3O2/c1-9-4-5-11(6-9)8-15-12-7-10(2)16-13(17-12)14(18)19-3/h7,9,11H,4-6,8H2,1-3H3,(H,15,16,17). The first kappa shape index (κ1) is 13.8. The lowest BCUT2D eigenvalue weighted by Crippen LogP contribution is -2.15. The first-order chi connectivity index (χ1) is 9.08. The number of rotatable bonds is 4. The van der Waals surface area contributed by atoms with Gasteiger partial charge in [0.25, 0.3) is 0 Å². The fraction of sp³-hybridized carbons (Fsp3) is 0.643. The van der Waals surface area contributed by atoms with E-state index in [4.69, 9.17) is 0 Å². The van der Waals surface area contributed by atoms with E-state index in [-0.39, 0.29) is 5.82 Å². The molecule has 0 aromatic carbocycles. The third-order valence-corrected chi connectivity index (χ3v) is 3.60. The van der Waals surface area contributed by atoms with Crippen LogP contribution in [0.1, 0.15) is 42.5 Å². The molecule has 0 aliphatic heterocycles. The smallest absolute Gasteiger partial charge is 0.376 e. The van der Waals surface area contributed by atoms with Gasteiger partial charge in [-0.2, -0.15) is 0 Å². The summed E-state index contributed by atoms with van der Waals surface area (Å²) in [5.74, 6) is 1.84. The van der Waals surface area contributed by atoms with Crippen molar-refractivity contribution in [2.45, 2.75) is 33.1 Å². The zero-order valence-corrected chi connectivity index (χ0v) is 11.8. The number of aromatic nitrogens is 2. The molecule has 0 saturated heterocycles. The number of methoxy groups -OCH3 is 1. The average molecular weight is 263 g/mol. The number of aryl methyl sites for hydroxylation is 1. The third kappa shape index (κ3) is 3.66. The zero-order chi connectivity index (χ0) is 13.8. The lowest BCUT2D eigenvalue weighted by atomic mass is 10.1. The quantitative estimate of drug-likeness (QED) is 0.845. The second kappa shape index (κ2) is 5.99. The number of carbonyl (C=O) groups excluding carboxylic acids is 1. The summed E-state index contributed by atoms with van der Waals surface area (Å²) in [6, 6.07) is 1.85. The minimum atomic E-state index is -0.499. The van der Waals surface area contributed by atoms with Crippen LogP contribution in [0, 0.1) is 18.8 Å². The summed E-state index contributed by atoms with van der Waals surface area (Å²) in [6.45, 7) is 5.04. The summed E-state index contributed by atoms with van der Waals surface area (Å²) in [4.78, 5) is 19.7. The van der Waals surface area contributed by atoms with Crippen molar-refractivity contribution in [3.8, 4) is 0 Å². The summed E-state index contributed by atoms with van der Waals surface area (Å²) >= 11 is 0. The Kier molecular flexibility index (Phi) is 4.35. The molecule has 1 aromatic rings. The van der Waals surface area contributed by atoms with Gasteiger partial charge >= 0.3 is 5.97 Å². The van der Waals surface area contributed by atoms with Crippen molar-refractivity contribution < 1.29 is 9.53 Å². The van der Waals surface area contributed by atoms with Crippen molar-refractivity contribution in [3.05, 3.63) is 17.6 Å². The van der Waals surface area contributed by atoms with E-state index in [1.807, 2.05) is 13.0 Å². The molecule has 1 aliphatic rings. The Balaban J connectivity index is 1.99. The minimum Gasteiger partial charge on any atom is -0.463 e. The predicted molar refractivity (Wildman–Crippen MR) is 73.1 cm³/mol. The number of nitrogens with zero attached hydrogens (tertiary/aromatic N) is 2. The van der Waals surface area contributed by atoms with Gasteiger partial charge in [0.2, 0.25) is 5.82 Å². The van der Waals surface area contributed by atoms with E-state index in [9.17, 15) is 4.79 Å². The number of ether oxygens (including phenoxy) is 1. The van der Waals surface area contributed by atoms with Gasteiger partial charge in [-0.3, -0.25) is 0 Å². The highest BCUT2D eigenvalue weighted by atomic mass is 16.5. The van der Waals surface area contributed by atoms with E-state index in [2.05, 4.69) is 26.9 Å². The normalized spacial score (nSPS) is 22.3. The molecule has 5 nitrogen and oxygen atoms in total. The van der Waals surface area contributed by atoms with E-state index in [1.54, 1.807) is 0 Å². The molecule has 19 heavy (non-hydrogen) atoms. The summed E-state index contributed by atoms with van der Waals surface area (Å²) in [7, 11) is 1.33. The van der Waals surface area contributed by atoms with E-state index in [0.717, 1.165) is 18.2 Å². The van der Waals surface area contributed by atoms with Crippen LogP contribution < -0.4 is 5.32 Å². The lowest BCUT2D eigenvalue weighted by molar-refractivity contribution is 0.0586. The van der Waals surface area contributed by atoms with Crippen molar-refractivity contribution in [1.82, 2.24) is 9.97 Å². The van der Waals surface area contributed by atoms with E-state index >= 15 is 0 Å². The minimum absolute atomic E-state index is 0.116. The number of hydrogen-bond acceptors (Lipinski definition) is 5. The van der Waals surface area contributed by atoms with Gasteiger partial charge in [0, 0.05) is 18.3 Å². The van der Waals surface area contributed by atoms with Crippen LogP contribution in [0.5, 0.6) is 0 Å². The van der Waals surface area contributed by atoms with Crippen LogP contribution in [-0.4, -0.2) is 29.6 Å². The highest BCUT2D eigenvalue weighted by Crippen LogP contribution is 2.30. The Bertz CT molecular complexity index is 462. The number of esters is 1. The Morgan fingerprint density at radius 1 is 1.47 bits per heavy atom. The molecule has 2 rings (SSSR count). The predicted octanol–water partition coefficient (Wildman–Crippen LogP) is 2.42. The van der Waals surface area contributed by atoms with Gasteiger partial charge in [0.05, 0.1) is 7.11 Å². The Hall–Kier alpha value is -1.65. The van der Waals surface area contributed by atoms with Gasteiger partial charge in [0.15, 0.2) is 0 Å². The first-order valence-electron chi connectivity index (χ1n) is 6.76. The topological polar surface area (TPSA) is 64.1 Å². The van der Waals surface area contributed by atoms with Gasteiger partial charge in [-0.05, 0) is 31.6 Å². The number of anilines is 1. The average Bonchev–Trinajstić information content (AvgIpc) is 2.80. The van der Waals surface area contributed by atoms with Crippen LogP contribution in [0.4, 0.5) is 5.82 Å². The number of nitrogens with one attached hydrogen (secondary N) is 1. The molecule has 5 heteroatoms. The molecule has 0 amide bonds. The molecule has 1 saturated carbocycles. The maximum atomic E-state index is 11.4. The Labute approximate surface area is 113 Å². The van der Waals surface area contributed by atoms with Gasteiger partial charge in [-0.15, -0.1) is 0 Å². The van der Waals surface area contributed by atoms with Crippen molar-refractivity contribution in [1.29, 1.82) is 0 Å². The van der Waals surface area contributed by atoms with Crippen LogP contribution in [0.25, 0.3) is 0 Å². The fourth-order valence-electron chi connectivity index (χ4n) is 2.60. The SMILES string of the molecule is COC(=O)c1nc(C)cc(NCC2CCC(C)C2)n1. The van der Waals surface area contributed by atoms with Crippen molar-refractivity contribution in [2.75, 3.05) is 19.0 Å². The molecule has 2 atom stereocenters. The van der Waals surface area contributed by atoms with Gasteiger partial charge in [-0.1, -0.05) is 13.3 Å². The van der Waals surface area contributed by atoms with E-state index < -0.39 is 5.97 Å². The lowest BCUT2D eigenvalue weighted by Gasteiger charge is -2.12. The molecule has 1 aromatic heterocycles. The highest BCUT2D eigenvalue weighted by molar-refractivity contribution is 5.85. The van der Waals surface area contributed by atoms with Gasteiger partial charge in [0.1, 0.15) is 5.82 Å². The maximum absolute atomic E-state index is 11.4. The molecule has 0 bridgehead atoms. The molecule has 2 unspecified atom stereocenters. The van der Waals surface area contributed by atoms with Crippen molar-refractivity contribution in [3.63, 3.8) is 0 Å². The summed E-state index contributed by atoms with van der Waals surface area (Å²) in [5.41, 5.74) is 0.762. The summed E-state index contributed by atoms with van der Waals surface area (Å²) < 4.78 is 4.65. The molecule has 0 radical (unpaired) electrons. The van der Waals surface area contributed by atoms with E-state index in [0.29, 0.717) is 11.7 Å². The molecular weight excluding hydrogens is 242 g/mol. The largest absolute Gasteiger partial charge is 0.463 e. The Morgan fingerprint density at radius 2 is 2.26 bits per heavy atom. The van der Waals surface area contributed by atoms with Crippen LogP contribution in [0.2, 0.25) is 0 Å². The van der Waals surface area contributed by atoms with Crippen molar-refractivity contribution >= 4 is 11.8 Å². The molecule has 1 heterocycles. The number of hydrogen-bond donors (Lipinski definition) is 1. The number of carbonyl (C=O) groups is 1. The second-order valence-electron chi connectivity index (χ2n) is 5.37.